The summed E-state index contributed by atoms with van der Waals surface area (Å²) >= 11 is 0. The number of aryl methyl sites for hydroxylation is 1. The van der Waals surface area contributed by atoms with Crippen LogP contribution in [0.25, 0.3) is 22.5 Å². The number of nitrogens with zero attached hydrogens (tertiary/aromatic N) is 5. The molecule has 1 aliphatic heterocycles. The van der Waals surface area contributed by atoms with E-state index in [0.29, 0.717) is 49.4 Å². The number of hydrogen-bond acceptors (Lipinski definition) is 7. The lowest BCUT2D eigenvalue weighted by Gasteiger charge is -2.27. The average Bonchev–Trinajstić information content (AvgIpc) is 3.19. The smallest absolute Gasteiger partial charge is 0.226 e. The minimum atomic E-state index is -0.226. The van der Waals surface area contributed by atoms with Crippen LogP contribution in [-0.2, 0) is 18.4 Å². The van der Waals surface area contributed by atoms with Gasteiger partial charge in [0, 0.05) is 37.5 Å². The standard InChI is InChI=1S/C20H23N5O3/c1-24-7-6-16(23-24)14-4-3-5-15(12-14)18-19(27-2)17(13-26)21-20(22-18)25-8-10-28-11-9-25/h3-7,12,26H,8-11,13H2,1-2H3. The zero-order valence-corrected chi connectivity index (χ0v) is 16.0. The molecule has 0 aliphatic carbocycles. The van der Waals surface area contributed by atoms with Crippen molar-refractivity contribution in [3.63, 3.8) is 0 Å². The van der Waals surface area contributed by atoms with Crippen molar-refractivity contribution in [2.24, 2.45) is 7.05 Å². The van der Waals surface area contributed by atoms with Crippen molar-refractivity contribution in [3.05, 3.63) is 42.2 Å². The van der Waals surface area contributed by atoms with Crippen LogP contribution in [0.15, 0.2) is 36.5 Å². The van der Waals surface area contributed by atoms with Crippen LogP contribution in [0, 0.1) is 0 Å². The maximum absolute atomic E-state index is 9.85. The summed E-state index contributed by atoms with van der Waals surface area (Å²) in [7, 11) is 3.46. The molecular weight excluding hydrogens is 358 g/mol. The summed E-state index contributed by atoms with van der Waals surface area (Å²) in [6.45, 7) is 2.47. The zero-order chi connectivity index (χ0) is 19.5. The van der Waals surface area contributed by atoms with Gasteiger partial charge in [-0.3, -0.25) is 4.68 Å². The van der Waals surface area contributed by atoms with Gasteiger partial charge in [-0.25, -0.2) is 9.97 Å². The second-order valence-corrected chi connectivity index (χ2v) is 6.57. The molecule has 0 atom stereocenters. The Labute approximate surface area is 163 Å². The quantitative estimate of drug-likeness (QED) is 0.722. The minimum Gasteiger partial charge on any atom is -0.492 e. The Morgan fingerprint density at radius 3 is 2.61 bits per heavy atom. The number of ether oxygens (including phenoxy) is 2. The molecule has 1 N–H and O–H groups in total. The highest BCUT2D eigenvalue weighted by molar-refractivity contribution is 5.74. The van der Waals surface area contributed by atoms with E-state index in [1.165, 1.54) is 0 Å². The maximum Gasteiger partial charge on any atom is 0.226 e. The summed E-state index contributed by atoms with van der Waals surface area (Å²) in [6.07, 6.45) is 1.91. The highest BCUT2D eigenvalue weighted by atomic mass is 16.5. The van der Waals surface area contributed by atoms with Crippen molar-refractivity contribution in [2.45, 2.75) is 6.61 Å². The molecule has 0 amide bonds. The van der Waals surface area contributed by atoms with Crippen molar-refractivity contribution in [3.8, 4) is 28.3 Å². The van der Waals surface area contributed by atoms with E-state index in [1.807, 2.05) is 43.6 Å². The fourth-order valence-electron chi connectivity index (χ4n) is 3.30. The Hall–Kier alpha value is -2.97. The maximum atomic E-state index is 9.85. The van der Waals surface area contributed by atoms with E-state index in [0.717, 1.165) is 16.8 Å². The molecule has 0 bridgehead atoms. The Morgan fingerprint density at radius 1 is 1.14 bits per heavy atom. The van der Waals surface area contributed by atoms with E-state index in [-0.39, 0.29) is 6.61 Å². The summed E-state index contributed by atoms with van der Waals surface area (Å²) in [5, 5.41) is 14.3. The van der Waals surface area contributed by atoms with Gasteiger partial charge < -0.3 is 19.5 Å². The molecule has 0 unspecified atom stereocenters. The van der Waals surface area contributed by atoms with Crippen molar-refractivity contribution in [2.75, 3.05) is 38.3 Å². The molecule has 0 spiro atoms. The summed E-state index contributed by atoms with van der Waals surface area (Å²) < 4.78 is 12.8. The molecule has 1 aliphatic rings. The van der Waals surface area contributed by atoms with Gasteiger partial charge in [-0.1, -0.05) is 18.2 Å². The number of morpholine rings is 1. The zero-order valence-electron chi connectivity index (χ0n) is 16.0. The lowest BCUT2D eigenvalue weighted by atomic mass is 10.0. The monoisotopic (exact) mass is 381 g/mol. The van der Waals surface area contributed by atoms with Gasteiger partial charge in [0.05, 0.1) is 32.6 Å². The second-order valence-electron chi connectivity index (χ2n) is 6.57. The van der Waals surface area contributed by atoms with E-state index >= 15 is 0 Å². The lowest BCUT2D eigenvalue weighted by molar-refractivity contribution is 0.122. The van der Waals surface area contributed by atoms with Gasteiger partial charge in [-0.2, -0.15) is 5.10 Å². The van der Waals surface area contributed by atoms with Crippen molar-refractivity contribution in [1.82, 2.24) is 19.7 Å². The van der Waals surface area contributed by atoms with Crippen LogP contribution in [0.1, 0.15) is 5.69 Å². The fraction of sp³-hybridized carbons (Fsp3) is 0.350. The predicted octanol–water partition coefficient (Wildman–Crippen LogP) is 1.88. The molecule has 3 heterocycles. The Bertz CT molecular complexity index is 966. The largest absolute Gasteiger partial charge is 0.492 e. The molecule has 8 heteroatoms. The minimum absolute atomic E-state index is 0.226. The van der Waals surface area contributed by atoms with Crippen LogP contribution in [0.2, 0.25) is 0 Å². The molecule has 0 saturated carbocycles. The van der Waals surface area contributed by atoms with E-state index in [2.05, 4.69) is 15.0 Å². The summed E-state index contributed by atoms with van der Waals surface area (Å²) in [4.78, 5) is 11.4. The van der Waals surface area contributed by atoms with Crippen LogP contribution < -0.4 is 9.64 Å². The lowest BCUT2D eigenvalue weighted by Crippen LogP contribution is -2.37. The number of hydrogen-bond donors (Lipinski definition) is 1. The first-order valence-electron chi connectivity index (χ1n) is 9.18. The van der Waals surface area contributed by atoms with E-state index in [9.17, 15) is 5.11 Å². The van der Waals surface area contributed by atoms with Crippen LogP contribution in [-0.4, -0.2) is 58.3 Å². The molecule has 146 valence electrons. The Balaban J connectivity index is 1.81. The van der Waals surface area contributed by atoms with Gasteiger partial charge in [-0.15, -0.1) is 0 Å². The molecular formula is C20H23N5O3. The first-order chi connectivity index (χ1) is 13.7. The van der Waals surface area contributed by atoms with E-state index in [1.54, 1.807) is 11.8 Å². The van der Waals surface area contributed by atoms with Gasteiger partial charge in [0.2, 0.25) is 5.95 Å². The topological polar surface area (TPSA) is 85.5 Å². The van der Waals surface area contributed by atoms with Crippen molar-refractivity contribution < 1.29 is 14.6 Å². The molecule has 0 radical (unpaired) electrons. The second kappa shape index (κ2) is 7.95. The van der Waals surface area contributed by atoms with Crippen LogP contribution in [0.5, 0.6) is 5.75 Å². The third-order valence-electron chi connectivity index (χ3n) is 4.72. The predicted molar refractivity (Wildman–Crippen MR) is 105 cm³/mol. The normalized spacial score (nSPS) is 14.3. The molecule has 1 fully saturated rings. The highest BCUT2D eigenvalue weighted by Crippen LogP contribution is 2.34. The fourth-order valence-corrected chi connectivity index (χ4v) is 3.30. The summed E-state index contributed by atoms with van der Waals surface area (Å²) in [5.74, 6) is 1.06. The molecule has 1 saturated heterocycles. The van der Waals surface area contributed by atoms with Crippen LogP contribution >= 0.6 is 0 Å². The van der Waals surface area contributed by atoms with Crippen molar-refractivity contribution in [1.29, 1.82) is 0 Å². The molecule has 4 rings (SSSR count). The van der Waals surface area contributed by atoms with Gasteiger partial charge in [0.25, 0.3) is 0 Å². The first-order valence-corrected chi connectivity index (χ1v) is 9.18. The number of aliphatic hydroxyl groups excluding tert-OH is 1. The van der Waals surface area contributed by atoms with Crippen LogP contribution in [0.3, 0.4) is 0 Å². The van der Waals surface area contributed by atoms with Gasteiger partial charge in [0.1, 0.15) is 11.4 Å². The van der Waals surface area contributed by atoms with Gasteiger partial charge in [0.15, 0.2) is 5.75 Å². The third kappa shape index (κ3) is 3.56. The molecule has 2 aromatic heterocycles. The Kier molecular flexibility index (Phi) is 5.23. The van der Waals surface area contributed by atoms with Gasteiger partial charge in [-0.05, 0) is 12.1 Å². The number of anilines is 1. The molecule has 1 aromatic carbocycles. The number of methoxy groups -OCH3 is 1. The van der Waals surface area contributed by atoms with E-state index in [4.69, 9.17) is 14.5 Å². The third-order valence-corrected chi connectivity index (χ3v) is 4.72. The molecule has 8 nitrogen and oxygen atoms in total. The summed E-state index contributed by atoms with van der Waals surface area (Å²) in [5.41, 5.74) is 3.87. The Morgan fingerprint density at radius 2 is 1.93 bits per heavy atom. The van der Waals surface area contributed by atoms with Crippen molar-refractivity contribution >= 4 is 5.95 Å². The average molecular weight is 381 g/mol. The molecule has 3 aromatic rings. The highest BCUT2D eigenvalue weighted by Gasteiger charge is 2.21. The number of aromatic nitrogens is 4. The summed E-state index contributed by atoms with van der Waals surface area (Å²) in [6, 6.07) is 9.94. The van der Waals surface area contributed by atoms with Gasteiger partial charge >= 0.3 is 0 Å². The van der Waals surface area contributed by atoms with Crippen LogP contribution in [0.4, 0.5) is 5.95 Å². The SMILES string of the molecule is COc1c(CO)nc(N2CCOCC2)nc1-c1cccc(-c2ccn(C)n2)c1. The number of benzene rings is 1. The number of rotatable bonds is 5. The molecule has 28 heavy (non-hydrogen) atoms. The van der Waals surface area contributed by atoms with E-state index < -0.39 is 0 Å². The number of aliphatic hydroxyl groups is 1. The first kappa shape index (κ1) is 18.4.